The minimum absolute atomic E-state index is 0.276. The number of nitrogen functional groups attached to an aromatic ring is 1. The van der Waals surface area contributed by atoms with Crippen LogP contribution in [0.5, 0.6) is 0 Å². The van der Waals surface area contributed by atoms with Crippen molar-refractivity contribution in [3.05, 3.63) is 44.7 Å². The number of aryl methyl sites for hydroxylation is 1. The van der Waals surface area contributed by atoms with E-state index in [4.69, 9.17) is 5.73 Å². The van der Waals surface area contributed by atoms with Gasteiger partial charge in [-0.05, 0) is 56.5 Å². The number of aromatic nitrogens is 2. The van der Waals surface area contributed by atoms with Crippen LogP contribution in [0, 0.1) is 6.92 Å². The summed E-state index contributed by atoms with van der Waals surface area (Å²) in [5.41, 5.74) is 7.58. The van der Waals surface area contributed by atoms with Crippen LogP contribution in [0.15, 0.2) is 33.6 Å². The number of rotatable bonds is 2. The molecule has 7 heteroatoms. The molecule has 0 atom stereocenters. The first-order chi connectivity index (χ1) is 8.97. The molecule has 1 amide bonds. The van der Waals surface area contributed by atoms with Gasteiger partial charge >= 0.3 is 0 Å². The standard InChI is InChI=1S/C12H10Br2N4O/c1-6-2-3-7(15)4-8(6)12(19)18-11-10(14)17-9(13)5-16-11/h2-5H,15H2,1H3,(H,16,18,19). The highest BCUT2D eigenvalue weighted by molar-refractivity contribution is 9.11. The number of anilines is 2. The summed E-state index contributed by atoms with van der Waals surface area (Å²) in [6, 6.07) is 5.18. The zero-order chi connectivity index (χ0) is 14.0. The molecular formula is C12H10Br2N4O. The van der Waals surface area contributed by atoms with Crippen molar-refractivity contribution in [2.24, 2.45) is 0 Å². The van der Waals surface area contributed by atoms with Crippen molar-refractivity contribution in [2.75, 3.05) is 11.1 Å². The molecule has 98 valence electrons. The largest absolute Gasteiger partial charge is 0.399 e. The molecule has 1 heterocycles. The zero-order valence-electron chi connectivity index (χ0n) is 9.95. The van der Waals surface area contributed by atoms with Crippen molar-refractivity contribution in [3.63, 3.8) is 0 Å². The molecule has 0 spiro atoms. The van der Waals surface area contributed by atoms with Crippen LogP contribution in [0.25, 0.3) is 0 Å². The molecular weight excluding hydrogens is 376 g/mol. The van der Waals surface area contributed by atoms with Gasteiger partial charge in [-0.2, -0.15) is 0 Å². The molecule has 0 fully saturated rings. The lowest BCUT2D eigenvalue weighted by Crippen LogP contribution is -2.15. The maximum Gasteiger partial charge on any atom is 0.257 e. The van der Waals surface area contributed by atoms with E-state index in [2.05, 4.69) is 47.1 Å². The van der Waals surface area contributed by atoms with Gasteiger partial charge in [-0.1, -0.05) is 6.07 Å². The Hall–Kier alpha value is -1.47. The number of amides is 1. The quantitative estimate of drug-likeness (QED) is 0.778. The number of nitrogens with zero attached hydrogens (tertiary/aromatic N) is 2. The lowest BCUT2D eigenvalue weighted by atomic mass is 10.1. The molecule has 1 aromatic heterocycles. The van der Waals surface area contributed by atoms with E-state index in [9.17, 15) is 4.79 Å². The van der Waals surface area contributed by atoms with Crippen molar-refractivity contribution >= 4 is 49.3 Å². The average Bonchev–Trinajstić information content (AvgIpc) is 2.35. The minimum atomic E-state index is -0.276. The lowest BCUT2D eigenvalue weighted by Gasteiger charge is -2.08. The Morgan fingerprint density at radius 3 is 2.79 bits per heavy atom. The number of carbonyl (C=O) groups is 1. The van der Waals surface area contributed by atoms with E-state index in [1.165, 1.54) is 6.20 Å². The fourth-order valence-corrected chi connectivity index (χ4v) is 2.40. The van der Waals surface area contributed by atoms with Gasteiger partial charge in [-0.3, -0.25) is 4.79 Å². The summed E-state index contributed by atoms with van der Waals surface area (Å²) in [6.07, 6.45) is 1.51. The van der Waals surface area contributed by atoms with Gasteiger partial charge in [0.2, 0.25) is 0 Å². The summed E-state index contributed by atoms with van der Waals surface area (Å²) in [4.78, 5) is 20.3. The molecule has 0 bridgehead atoms. The van der Waals surface area contributed by atoms with E-state index in [0.29, 0.717) is 26.3 Å². The number of benzene rings is 1. The molecule has 0 aliphatic heterocycles. The topological polar surface area (TPSA) is 80.9 Å². The van der Waals surface area contributed by atoms with Crippen LogP contribution in [0.3, 0.4) is 0 Å². The number of halogens is 2. The highest BCUT2D eigenvalue weighted by atomic mass is 79.9. The first kappa shape index (κ1) is 14.0. The van der Waals surface area contributed by atoms with E-state index in [-0.39, 0.29) is 5.91 Å². The number of hydrogen-bond acceptors (Lipinski definition) is 4. The Labute approximate surface area is 126 Å². The van der Waals surface area contributed by atoms with Crippen molar-refractivity contribution in [2.45, 2.75) is 6.92 Å². The Morgan fingerprint density at radius 2 is 2.11 bits per heavy atom. The number of nitrogens with two attached hydrogens (primary N) is 1. The van der Waals surface area contributed by atoms with E-state index < -0.39 is 0 Å². The maximum atomic E-state index is 12.2. The molecule has 0 aliphatic rings. The Balaban J connectivity index is 2.28. The van der Waals surface area contributed by atoms with E-state index >= 15 is 0 Å². The van der Waals surface area contributed by atoms with E-state index in [1.807, 2.05) is 6.92 Å². The molecule has 1 aromatic carbocycles. The first-order valence-corrected chi connectivity index (χ1v) is 6.91. The summed E-state index contributed by atoms with van der Waals surface area (Å²) >= 11 is 6.43. The van der Waals surface area contributed by atoms with E-state index in [0.717, 1.165) is 5.56 Å². The van der Waals surface area contributed by atoms with Gasteiger partial charge in [-0.25, -0.2) is 9.97 Å². The molecule has 0 aliphatic carbocycles. The SMILES string of the molecule is Cc1ccc(N)cc1C(=O)Nc1ncc(Br)nc1Br. The second-order valence-corrected chi connectivity index (χ2v) is 5.42. The molecule has 2 rings (SSSR count). The summed E-state index contributed by atoms with van der Waals surface area (Å²) < 4.78 is 1.04. The monoisotopic (exact) mass is 384 g/mol. The van der Waals surface area contributed by atoms with Crippen LogP contribution >= 0.6 is 31.9 Å². The molecule has 2 aromatic rings. The molecule has 0 radical (unpaired) electrons. The third-order valence-electron chi connectivity index (χ3n) is 2.44. The Bertz CT molecular complexity index is 646. The van der Waals surface area contributed by atoms with E-state index in [1.54, 1.807) is 18.2 Å². The van der Waals surface area contributed by atoms with Gasteiger partial charge in [-0.15, -0.1) is 0 Å². The average molecular weight is 386 g/mol. The minimum Gasteiger partial charge on any atom is -0.399 e. The first-order valence-electron chi connectivity index (χ1n) is 5.33. The molecule has 0 unspecified atom stereocenters. The van der Waals surface area contributed by atoms with Crippen LogP contribution in [-0.4, -0.2) is 15.9 Å². The van der Waals surface area contributed by atoms with Crippen molar-refractivity contribution in [1.82, 2.24) is 9.97 Å². The van der Waals surface area contributed by atoms with Crippen LogP contribution in [0.2, 0.25) is 0 Å². The predicted octanol–water partition coefficient (Wildman–Crippen LogP) is 3.14. The smallest absolute Gasteiger partial charge is 0.257 e. The number of carbonyl (C=O) groups excluding carboxylic acids is 1. The fraction of sp³-hybridized carbons (Fsp3) is 0.0833. The predicted molar refractivity (Wildman–Crippen MR) is 81.0 cm³/mol. The van der Waals surface area contributed by atoms with Crippen molar-refractivity contribution < 1.29 is 4.79 Å². The maximum absolute atomic E-state index is 12.2. The Morgan fingerprint density at radius 1 is 1.37 bits per heavy atom. The highest BCUT2D eigenvalue weighted by Gasteiger charge is 2.13. The highest BCUT2D eigenvalue weighted by Crippen LogP contribution is 2.21. The number of nitrogens with one attached hydrogen (secondary N) is 1. The van der Waals surface area contributed by atoms with Gasteiger partial charge < -0.3 is 11.1 Å². The van der Waals surface area contributed by atoms with Crippen LogP contribution in [-0.2, 0) is 0 Å². The van der Waals surface area contributed by atoms with Crippen LogP contribution in [0.1, 0.15) is 15.9 Å². The summed E-state index contributed by atoms with van der Waals surface area (Å²) in [5, 5.41) is 2.69. The molecule has 5 nitrogen and oxygen atoms in total. The van der Waals surface area contributed by atoms with Gasteiger partial charge in [0.15, 0.2) is 5.82 Å². The number of hydrogen-bond donors (Lipinski definition) is 2. The second kappa shape index (κ2) is 5.66. The van der Waals surface area contributed by atoms with Gasteiger partial charge in [0, 0.05) is 11.3 Å². The third kappa shape index (κ3) is 3.30. The normalized spacial score (nSPS) is 10.3. The molecule has 3 N–H and O–H groups in total. The van der Waals surface area contributed by atoms with Gasteiger partial charge in [0.1, 0.15) is 9.21 Å². The zero-order valence-corrected chi connectivity index (χ0v) is 13.1. The summed E-state index contributed by atoms with van der Waals surface area (Å²) in [6.45, 7) is 1.84. The van der Waals surface area contributed by atoms with Crippen LogP contribution < -0.4 is 11.1 Å². The lowest BCUT2D eigenvalue weighted by molar-refractivity contribution is 0.102. The second-order valence-electron chi connectivity index (χ2n) is 3.86. The molecule has 0 saturated carbocycles. The van der Waals surface area contributed by atoms with Gasteiger partial charge in [0.05, 0.1) is 6.20 Å². The molecule has 19 heavy (non-hydrogen) atoms. The van der Waals surface area contributed by atoms with Crippen molar-refractivity contribution in [3.8, 4) is 0 Å². The van der Waals surface area contributed by atoms with Crippen LogP contribution in [0.4, 0.5) is 11.5 Å². The summed E-state index contributed by atoms with van der Waals surface area (Å²) in [5.74, 6) is 0.0807. The molecule has 0 saturated heterocycles. The third-order valence-corrected chi connectivity index (χ3v) is 3.37. The van der Waals surface area contributed by atoms with Crippen molar-refractivity contribution in [1.29, 1.82) is 0 Å². The summed E-state index contributed by atoms with van der Waals surface area (Å²) in [7, 11) is 0. The van der Waals surface area contributed by atoms with Gasteiger partial charge in [0.25, 0.3) is 5.91 Å². The Kier molecular flexibility index (Phi) is 4.16. The fourth-order valence-electron chi connectivity index (χ4n) is 1.49.